The zero-order valence-corrected chi connectivity index (χ0v) is 14.8. The van der Waals surface area contributed by atoms with E-state index in [1.165, 1.54) is 13.2 Å². The maximum atomic E-state index is 13.3. The molecule has 0 radical (unpaired) electrons. The quantitative estimate of drug-likeness (QED) is 0.784. The molecule has 0 aliphatic heterocycles. The van der Waals surface area contributed by atoms with Gasteiger partial charge in [0.1, 0.15) is 5.78 Å². The molecule has 0 aromatic heterocycles. The van der Waals surface area contributed by atoms with Crippen LogP contribution < -0.4 is 0 Å². The van der Waals surface area contributed by atoms with E-state index in [0.29, 0.717) is 24.6 Å². The molecular weight excluding hydrogens is 340 g/mol. The first-order valence-electron chi connectivity index (χ1n) is 8.26. The van der Waals surface area contributed by atoms with E-state index < -0.39 is 27.0 Å². The Kier molecular flexibility index (Phi) is 4.90. The van der Waals surface area contributed by atoms with Gasteiger partial charge in [0.15, 0.2) is 15.1 Å². The molecule has 1 aliphatic carbocycles. The maximum Gasteiger partial charge on any atom is 0.324 e. The smallest absolute Gasteiger partial charge is 0.324 e. The van der Waals surface area contributed by atoms with Gasteiger partial charge in [0.2, 0.25) is 0 Å². The van der Waals surface area contributed by atoms with Crippen LogP contribution in [0.5, 0.6) is 0 Å². The minimum absolute atomic E-state index is 0.00160. The second-order valence-corrected chi connectivity index (χ2v) is 8.40. The van der Waals surface area contributed by atoms with Crippen LogP contribution in [0, 0.1) is 5.92 Å². The van der Waals surface area contributed by atoms with Gasteiger partial charge in [-0.1, -0.05) is 36.4 Å². The number of hydrogen-bond acceptors (Lipinski definition) is 5. The molecule has 2 aromatic rings. The zero-order chi connectivity index (χ0) is 18.0. The van der Waals surface area contributed by atoms with Gasteiger partial charge in [-0.25, -0.2) is 8.42 Å². The Morgan fingerprint density at radius 2 is 1.88 bits per heavy atom. The van der Waals surface area contributed by atoms with E-state index in [1.807, 2.05) is 18.2 Å². The van der Waals surface area contributed by atoms with Crippen LogP contribution in [-0.2, 0) is 24.2 Å². The first-order valence-corrected chi connectivity index (χ1v) is 9.81. The molecule has 3 rings (SSSR count). The van der Waals surface area contributed by atoms with E-state index >= 15 is 0 Å². The van der Waals surface area contributed by atoms with Crippen LogP contribution in [0.4, 0.5) is 0 Å². The fourth-order valence-corrected chi connectivity index (χ4v) is 5.71. The molecule has 0 saturated heterocycles. The first-order chi connectivity index (χ1) is 11.9. The van der Waals surface area contributed by atoms with Crippen molar-refractivity contribution in [3.8, 4) is 0 Å². The van der Waals surface area contributed by atoms with Crippen LogP contribution in [0.25, 0.3) is 10.8 Å². The molecule has 5 nitrogen and oxygen atoms in total. The number of carbonyl (C=O) groups is 2. The summed E-state index contributed by atoms with van der Waals surface area (Å²) in [7, 11) is -2.81. The minimum atomic E-state index is -3.99. The first kappa shape index (κ1) is 17.6. The molecule has 0 heterocycles. The Hall–Kier alpha value is -2.21. The van der Waals surface area contributed by atoms with Crippen molar-refractivity contribution in [1.29, 1.82) is 0 Å². The van der Waals surface area contributed by atoms with E-state index in [0.717, 1.165) is 5.39 Å². The predicted molar refractivity (Wildman–Crippen MR) is 93.9 cm³/mol. The fourth-order valence-electron chi connectivity index (χ4n) is 3.59. The third-order valence-corrected chi connectivity index (χ3v) is 6.99. The molecular formula is C19H20O5S. The van der Waals surface area contributed by atoms with Gasteiger partial charge in [-0.3, -0.25) is 9.59 Å². The minimum Gasteiger partial charge on any atom is -0.468 e. The summed E-state index contributed by atoms with van der Waals surface area (Å²) in [4.78, 5) is 24.3. The summed E-state index contributed by atoms with van der Waals surface area (Å²) < 4.78 is 31.5. The number of hydrogen-bond donors (Lipinski definition) is 0. The van der Waals surface area contributed by atoms with Gasteiger partial charge in [-0.15, -0.1) is 0 Å². The molecule has 25 heavy (non-hydrogen) atoms. The van der Waals surface area contributed by atoms with Crippen molar-refractivity contribution in [3.05, 3.63) is 42.5 Å². The number of methoxy groups -OCH3 is 1. The molecule has 6 heteroatoms. The van der Waals surface area contributed by atoms with Crippen molar-refractivity contribution in [1.82, 2.24) is 0 Å². The summed E-state index contributed by atoms with van der Waals surface area (Å²) in [5.41, 5.74) is 0. The number of benzene rings is 2. The van der Waals surface area contributed by atoms with Gasteiger partial charge in [0.25, 0.3) is 0 Å². The summed E-state index contributed by atoms with van der Waals surface area (Å²) >= 11 is 0. The lowest BCUT2D eigenvalue weighted by molar-refractivity contribution is -0.141. The lowest BCUT2D eigenvalue weighted by Gasteiger charge is -2.27. The Balaban J connectivity index is 2.13. The van der Waals surface area contributed by atoms with E-state index in [-0.39, 0.29) is 17.1 Å². The third kappa shape index (κ3) is 3.31. The fraction of sp³-hybridized carbons (Fsp3) is 0.368. The Morgan fingerprint density at radius 3 is 2.60 bits per heavy atom. The van der Waals surface area contributed by atoms with Crippen molar-refractivity contribution in [2.24, 2.45) is 5.92 Å². The summed E-state index contributed by atoms with van der Waals surface area (Å²) in [6.45, 7) is 0. The number of rotatable bonds is 4. The monoisotopic (exact) mass is 360 g/mol. The average molecular weight is 360 g/mol. The maximum absolute atomic E-state index is 13.3. The summed E-state index contributed by atoms with van der Waals surface area (Å²) in [6.07, 6.45) is 1.67. The molecule has 2 aromatic carbocycles. The molecule has 132 valence electrons. The lowest BCUT2D eigenvalue weighted by atomic mass is 9.86. The summed E-state index contributed by atoms with van der Waals surface area (Å²) in [5, 5.41) is 0.000469. The molecule has 2 atom stereocenters. The Bertz CT molecular complexity index is 911. The number of sulfone groups is 1. The van der Waals surface area contributed by atoms with Crippen LogP contribution in [0.2, 0.25) is 0 Å². The van der Waals surface area contributed by atoms with Crippen LogP contribution in [0.15, 0.2) is 47.4 Å². The zero-order valence-electron chi connectivity index (χ0n) is 14.0. The Labute approximate surface area is 146 Å². The molecule has 0 N–H and O–H groups in total. The summed E-state index contributed by atoms with van der Waals surface area (Å²) in [5.74, 6) is -1.34. The number of ether oxygens (including phenoxy) is 1. The number of carbonyl (C=O) groups excluding carboxylic acids is 2. The van der Waals surface area contributed by atoms with Crippen LogP contribution in [-0.4, -0.2) is 32.5 Å². The van der Waals surface area contributed by atoms with Crippen molar-refractivity contribution in [2.45, 2.75) is 35.8 Å². The molecule has 1 saturated carbocycles. The topological polar surface area (TPSA) is 77.5 Å². The van der Waals surface area contributed by atoms with Crippen LogP contribution in [0.1, 0.15) is 25.7 Å². The highest BCUT2D eigenvalue weighted by molar-refractivity contribution is 7.93. The van der Waals surface area contributed by atoms with Gasteiger partial charge in [-0.2, -0.15) is 0 Å². The molecule has 2 unspecified atom stereocenters. The summed E-state index contributed by atoms with van der Waals surface area (Å²) in [6, 6.07) is 12.1. The van der Waals surface area contributed by atoms with Crippen molar-refractivity contribution >= 4 is 32.4 Å². The van der Waals surface area contributed by atoms with Gasteiger partial charge >= 0.3 is 5.97 Å². The molecule has 0 amide bonds. The molecule has 1 fully saturated rings. The van der Waals surface area contributed by atoms with Crippen molar-refractivity contribution < 1.29 is 22.7 Å². The van der Waals surface area contributed by atoms with Gasteiger partial charge in [0.05, 0.1) is 12.0 Å². The van der Waals surface area contributed by atoms with E-state index in [2.05, 4.69) is 0 Å². The van der Waals surface area contributed by atoms with E-state index in [9.17, 15) is 18.0 Å². The second kappa shape index (κ2) is 6.96. The molecule has 1 aliphatic rings. The standard InChI is InChI=1S/C19H20O5S/c1-24-19(21)18(14-8-4-9-15(20)12-14)25(22,23)17-11-5-7-13-6-2-3-10-16(13)17/h2-3,5-7,10-11,14,18H,4,8-9,12H2,1H3. The molecule has 0 bridgehead atoms. The van der Waals surface area contributed by atoms with Crippen LogP contribution >= 0.6 is 0 Å². The van der Waals surface area contributed by atoms with Crippen LogP contribution in [0.3, 0.4) is 0 Å². The largest absolute Gasteiger partial charge is 0.468 e. The van der Waals surface area contributed by atoms with Gasteiger partial charge in [0, 0.05) is 18.2 Å². The highest BCUT2D eigenvalue weighted by Crippen LogP contribution is 2.34. The lowest BCUT2D eigenvalue weighted by Crippen LogP contribution is -2.40. The normalized spacial score (nSPS) is 19.6. The number of ketones is 1. The van der Waals surface area contributed by atoms with Crippen molar-refractivity contribution in [2.75, 3.05) is 7.11 Å². The number of Topliss-reactive ketones (excluding diaryl/α,β-unsaturated/α-hetero) is 1. The second-order valence-electron chi connectivity index (χ2n) is 6.36. The van der Waals surface area contributed by atoms with Gasteiger partial charge < -0.3 is 4.74 Å². The third-order valence-electron chi connectivity index (χ3n) is 4.77. The highest BCUT2D eigenvalue weighted by atomic mass is 32.2. The molecule has 0 spiro atoms. The van der Waals surface area contributed by atoms with E-state index in [4.69, 9.17) is 4.74 Å². The van der Waals surface area contributed by atoms with E-state index in [1.54, 1.807) is 18.2 Å². The number of fused-ring (bicyclic) bond motifs is 1. The van der Waals surface area contributed by atoms with Gasteiger partial charge in [-0.05, 0) is 30.2 Å². The average Bonchev–Trinajstić information content (AvgIpc) is 2.61. The SMILES string of the molecule is COC(=O)C(C1CCCC(=O)C1)S(=O)(=O)c1cccc2ccccc12. The Morgan fingerprint density at radius 1 is 1.16 bits per heavy atom. The van der Waals surface area contributed by atoms with Crippen molar-refractivity contribution in [3.63, 3.8) is 0 Å². The predicted octanol–water partition coefficient (Wildman–Crippen LogP) is 2.91. The highest BCUT2D eigenvalue weighted by Gasteiger charge is 2.43. The number of esters is 1.